The van der Waals surface area contributed by atoms with Gasteiger partial charge in [-0.1, -0.05) is 0 Å². The molecule has 1 aliphatic heterocycles. The molecule has 82 valence electrons. The van der Waals surface area contributed by atoms with Gasteiger partial charge in [0.1, 0.15) is 5.82 Å². The Kier molecular flexibility index (Phi) is 2.52. The second kappa shape index (κ2) is 3.57. The maximum atomic E-state index is 13.0. The molecular weight excluding hydrogens is 217 g/mol. The van der Waals surface area contributed by atoms with Crippen molar-refractivity contribution in [1.29, 1.82) is 0 Å². The number of halogens is 1. The number of rotatable bonds is 2. The summed E-state index contributed by atoms with van der Waals surface area (Å²) in [5, 5.41) is 3.07. The van der Waals surface area contributed by atoms with Crippen molar-refractivity contribution in [3.8, 4) is 0 Å². The smallest absolute Gasteiger partial charge is 0.175 e. The molecule has 1 heterocycles. The van der Waals surface area contributed by atoms with Crippen molar-refractivity contribution >= 4 is 9.84 Å². The van der Waals surface area contributed by atoms with Gasteiger partial charge in [0, 0.05) is 12.3 Å². The molecule has 0 bridgehead atoms. The van der Waals surface area contributed by atoms with Gasteiger partial charge in [-0.3, -0.25) is 0 Å². The van der Waals surface area contributed by atoms with Gasteiger partial charge in [0.15, 0.2) is 9.84 Å². The van der Waals surface area contributed by atoms with Crippen LogP contribution in [0.15, 0.2) is 23.1 Å². The molecule has 0 aromatic heterocycles. The Labute approximate surface area is 88.2 Å². The molecule has 0 saturated carbocycles. The highest BCUT2D eigenvalue weighted by atomic mass is 32.2. The Hall–Kier alpha value is -0.940. The van der Waals surface area contributed by atoms with E-state index in [9.17, 15) is 12.8 Å². The minimum atomic E-state index is -3.28. The van der Waals surface area contributed by atoms with Crippen LogP contribution in [0.4, 0.5) is 4.39 Å². The average molecular weight is 229 g/mol. The van der Waals surface area contributed by atoms with Crippen LogP contribution in [0.5, 0.6) is 0 Å². The zero-order valence-electron chi connectivity index (χ0n) is 8.33. The number of sulfone groups is 1. The van der Waals surface area contributed by atoms with Gasteiger partial charge >= 0.3 is 0 Å². The molecular formula is C10H12FNO2S. The highest BCUT2D eigenvalue weighted by Gasteiger charge is 2.25. The largest absolute Gasteiger partial charge is 0.310 e. The third-order valence-electron chi connectivity index (χ3n) is 2.57. The molecule has 15 heavy (non-hydrogen) atoms. The second-order valence-electron chi connectivity index (χ2n) is 3.75. The van der Waals surface area contributed by atoms with E-state index in [1.807, 2.05) is 0 Å². The van der Waals surface area contributed by atoms with Gasteiger partial charge in [-0.15, -0.1) is 0 Å². The van der Waals surface area contributed by atoms with Crippen LogP contribution in [-0.4, -0.2) is 21.2 Å². The molecule has 1 atom stereocenters. The zero-order chi connectivity index (χ0) is 11.1. The molecule has 1 aliphatic rings. The molecule has 1 saturated heterocycles. The standard InChI is InChI=1S/C10H12FNO2S/c1-15(13,14)10-3-2-7(11)6-8(10)9-4-5-12-9/h2-3,6,9,12H,4-5H2,1H3/t9-/m0/s1. The fraction of sp³-hybridized carbons (Fsp3) is 0.400. The van der Waals surface area contributed by atoms with Crippen molar-refractivity contribution in [2.24, 2.45) is 0 Å². The first-order valence-corrected chi connectivity index (χ1v) is 6.60. The molecule has 2 rings (SSSR count). The Morgan fingerprint density at radius 1 is 1.47 bits per heavy atom. The van der Waals surface area contributed by atoms with Crippen LogP contribution in [0.1, 0.15) is 18.0 Å². The van der Waals surface area contributed by atoms with Gasteiger partial charge in [0.2, 0.25) is 0 Å². The quantitative estimate of drug-likeness (QED) is 0.777. The number of hydrogen-bond acceptors (Lipinski definition) is 3. The molecule has 1 aromatic carbocycles. The van der Waals surface area contributed by atoms with E-state index in [4.69, 9.17) is 0 Å². The predicted molar refractivity (Wildman–Crippen MR) is 54.9 cm³/mol. The van der Waals surface area contributed by atoms with Crippen LogP contribution in [0.3, 0.4) is 0 Å². The third-order valence-corrected chi connectivity index (χ3v) is 3.74. The van der Waals surface area contributed by atoms with E-state index in [1.165, 1.54) is 18.2 Å². The summed E-state index contributed by atoms with van der Waals surface area (Å²) in [6.45, 7) is 0.852. The highest BCUT2D eigenvalue weighted by molar-refractivity contribution is 7.90. The molecule has 1 fully saturated rings. The van der Waals surface area contributed by atoms with E-state index in [2.05, 4.69) is 5.32 Å². The second-order valence-corrected chi connectivity index (χ2v) is 5.73. The SMILES string of the molecule is CS(=O)(=O)c1ccc(F)cc1[C@@H]1CCN1. The fourth-order valence-electron chi connectivity index (χ4n) is 1.68. The van der Waals surface area contributed by atoms with Gasteiger partial charge in [0.05, 0.1) is 4.90 Å². The fourth-order valence-corrected chi connectivity index (χ4v) is 2.63. The van der Waals surface area contributed by atoms with Gasteiger partial charge in [-0.2, -0.15) is 0 Å². The van der Waals surface area contributed by atoms with E-state index >= 15 is 0 Å². The number of nitrogens with one attached hydrogen (secondary N) is 1. The minimum absolute atomic E-state index is 0.0228. The summed E-state index contributed by atoms with van der Waals surface area (Å²) in [5.41, 5.74) is 0.545. The molecule has 0 amide bonds. The van der Waals surface area contributed by atoms with Gasteiger partial charge in [-0.25, -0.2) is 12.8 Å². The maximum absolute atomic E-state index is 13.0. The van der Waals surface area contributed by atoms with Crippen molar-refractivity contribution < 1.29 is 12.8 Å². The maximum Gasteiger partial charge on any atom is 0.175 e. The summed E-state index contributed by atoms with van der Waals surface area (Å²) in [6.07, 6.45) is 1.99. The van der Waals surface area contributed by atoms with E-state index < -0.39 is 15.7 Å². The van der Waals surface area contributed by atoms with Crippen molar-refractivity contribution in [2.45, 2.75) is 17.4 Å². The lowest BCUT2D eigenvalue weighted by Gasteiger charge is -2.29. The van der Waals surface area contributed by atoms with Crippen LogP contribution in [0, 0.1) is 5.82 Å². The van der Waals surface area contributed by atoms with Crippen molar-refractivity contribution in [1.82, 2.24) is 5.32 Å². The summed E-state index contributed by atoms with van der Waals surface area (Å²) in [6, 6.07) is 3.79. The molecule has 3 nitrogen and oxygen atoms in total. The first kappa shape index (κ1) is 10.6. The van der Waals surface area contributed by atoms with Gasteiger partial charge in [0.25, 0.3) is 0 Å². The van der Waals surface area contributed by atoms with E-state index in [0.29, 0.717) is 5.56 Å². The van der Waals surface area contributed by atoms with Crippen molar-refractivity contribution in [3.63, 3.8) is 0 Å². The molecule has 5 heteroatoms. The Morgan fingerprint density at radius 2 is 2.13 bits per heavy atom. The first-order chi connectivity index (χ1) is 6.98. The Bertz CT molecular complexity index is 480. The molecule has 0 unspecified atom stereocenters. The third kappa shape index (κ3) is 2.03. The molecule has 0 radical (unpaired) electrons. The van der Waals surface area contributed by atoms with E-state index in [1.54, 1.807) is 0 Å². The molecule has 0 spiro atoms. The number of benzene rings is 1. The van der Waals surface area contributed by atoms with Crippen LogP contribution in [0.25, 0.3) is 0 Å². The zero-order valence-corrected chi connectivity index (χ0v) is 9.14. The average Bonchev–Trinajstić information content (AvgIpc) is 1.98. The summed E-state index contributed by atoms with van der Waals surface area (Å²) in [4.78, 5) is 0.223. The molecule has 1 N–H and O–H groups in total. The molecule has 0 aliphatic carbocycles. The van der Waals surface area contributed by atoms with Gasteiger partial charge < -0.3 is 5.32 Å². The Balaban J connectivity index is 2.53. The van der Waals surface area contributed by atoms with Gasteiger partial charge in [-0.05, 0) is 36.7 Å². The highest BCUT2D eigenvalue weighted by Crippen LogP contribution is 2.29. The lowest BCUT2D eigenvalue weighted by atomic mass is 9.98. The molecule has 1 aromatic rings. The van der Waals surface area contributed by atoms with Crippen LogP contribution >= 0.6 is 0 Å². The summed E-state index contributed by atoms with van der Waals surface area (Å²) in [5.74, 6) is -0.397. The van der Waals surface area contributed by atoms with Crippen molar-refractivity contribution in [3.05, 3.63) is 29.6 Å². The number of hydrogen-bond donors (Lipinski definition) is 1. The van der Waals surface area contributed by atoms with Crippen molar-refractivity contribution in [2.75, 3.05) is 12.8 Å². The Morgan fingerprint density at radius 3 is 2.60 bits per heavy atom. The minimum Gasteiger partial charge on any atom is -0.310 e. The first-order valence-electron chi connectivity index (χ1n) is 4.71. The lowest BCUT2D eigenvalue weighted by molar-refractivity contribution is 0.376. The normalized spacial score (nSPS) is 21.1. The predicted octanol–water partition coefficient (Wildman–Crippen LogP) is 1.26. The monoisotopic (exact) mass is 229 g/mol. The van der Waals surface area contributed by atoms with Crippen LogP contribution in [-0.2, 0) is 9.84 Å². The van der Waals surface area contributed by atoms with E-state index in [0.717, 1.165) is 19.2 Å². The van der Waals surface area contributed by atoms with E-state index in [-0.39, 0.29) is 10.9 Å². The topological polar surface area (TPSA) is 46.2 Å². The summed E-state index contributed by atoms with van der Waals surface area (Å²) >= 11 is 0. The van der Waals surface area contributed by atoms with Crippen LogP contribution < -0.4 is 5.32 Å². The lowest BCUT2D eigenvalue weighted by Crippen LogP contribution is -2.35. The summed E-state index contributed by atoms with van der Waals surface area (Å²) < 4.78 is 36.0. The van der Waals surface area contributed by atoms with Crippen LogP contribution in [0.2, 0.25) is 0 Å². The summed E-state index contributed by atoms with van der Waals surface area (Å²) in [7, 11) is -3.28.